The third-order valence-corrected chi connectivity index (χ3v) is 14.4. The third-order valence-electron chi connectivity index (χ3n) is 14.4. The summed E-state index contributed by atoms with van der Waals surface area (Å²) in [4.78, 5) is 31.2. The lowest BCUT2D eigenvalue weighted by Gasteiger charge is -2.35. The Bertz CT molecular complexity index is 3780. The molecule has 3 aliphatic heterocycles. The van der Waals surface area contributed by atoms with E-state index >= 15 is 0 Å². The van der Waals surface area contributed by atoms with Crippen LogP contribution in [0.5, 0.6) is 0 Å². The first-order chi connectivity index (χ1) is 40.3. The Hall–Kier alpha value is -8.89. The van der Waals surface area contributed by atoms with E-state index < -0.39 is 35.2 Å². The van der Waals surface area contributed by atoms with Gasteiger partial charge < -0.3 is 30.7 Å². The number of piperazine rings is 3. The van der Waals surface area contributed by atoms with Crippen molar-refractivity contribution in [1.29, 1.82) is 0 Å². The number of halogens is 10. The molecule has 10 aromatic rings. The van der Waals surface area contributed by atoms with E-state index in [-0.39, 0.29) is 58.1 Å². The van der Waals surface area contributed by atoms with Gasteiger partial charge in [0.05, 0.1) is 33.8 Å². The van der Waals surface area contributed by atoms with Gasteiger partial charge >= 0.3 is 18.5 Å². The van der Waals surface area contributed by atoms with Gasteiger partial charge in [-0.2, -0.15) is 54.8 Å². The number of H-pyrrole nitrogens is 3. The maximum Gasteiger partial charge on any atom is 0.418 e. The van der Waals surface area contributed by atoms with Crippen molar-refractivity contribution in [3.05, 3.63) is 144 Å². The van der Waals surface area contributed by atoms with E-state index in [9.17, 15) is 43.9 Å². The average molecular weight is 1170 g/mol. The molecular weight excluding hydrogens is 1110 g/mol. The van der Waals surface area contributed by atoms with E-state index in [1.54, 1.807) is 54.9 Å². The lowest BCUT2D eigenvalue weighted by Crippen LogP contribution is -2.49. The minimum absolute atomic E-state index is 0.156. The highest BCUT2D eigenvalue weighted by Crippen LogP contribution is 2.42. The molecule has 84 heavy (non-hydrogen) atoms. The molecule has 6 N–H and O–H groups in total. The van der Waals surface area contributed by atoms with Gasteiger partial charge in [-0.1, -0.05) is 12.1 Å². The molecule has 0 radical (unpaired) electrons. The van der Waals surface area contributed by atoms with Gasteiger partial charge in [-0.25, -0.2) is 34.3 Å². The van der Waals surface area contributed by atoms with Crippen LogP contribution in [0.2, 0.25) is 0 Å². The number of aromatic amines is 3. The number of hydrogen-bond acceptors (Lipinski definition) is 15. The first-order valence-corrected chi connectivity index (χ1v) is 26.6. The Morgan fingerprint density at radius 3 is 1.17 bits per heavy atom. The standard InChI is InChI=1S/C22H18F4N6.2C17H17F3N6/c23-14-4-1-3-13(11-14)17-12-32(10-9-27-17)18-7-6-16(22(24,25)26)20(29-18)19-15-5-2-8-28-21(15)31-30-19;2*1-10-9-26(8-7-21-10)13-5-4-12(17(18,19)20)15(23-13)14-11-3-2-6-22-16(11)25-24-14/h1-8,11,17,27H,9-10,12H2,(H,28,30,31);2*2-6,10,21H,7-9H2,1H3,(H,22,24,25)/t;2*10-/m.10/s1. The number of pyridine rings is 6. The van der Waals surface area contributed by atoms with E-state index in [0.29, 0.717) is 96.4 Å². The van der Waals surface area contributed by atoms with Crippen LogP contribution in [0.25, 0.3) is 67.3 Å². The second-order valence-corrected chi connectivity index (χ2v) is 20.2. The Morgan fingerprint density at radius 1 is 0.440 bits per heavy atom. The largest absolute Gasteiger partial charge is 0.418 e. The van der Waals surface area contributed by atoms with Crippen LogP contribution >= 0.6 is 0 Å². The molecule has 3 fully saturated rings. The molecule has 28 heteroatoms. The van der Waals surface area contributed by atoms with Gasteiger partial charge in [0, 0.05) is 112 Å². The van der Waals surface area contributed by atoms with Gasteiger partial charge in [-0.15, -0.1) is 0 Å². The highest BCUT2D eigenvalue weighted by atomic mass is 19.4. The van der Waals surface area contributed by atoms with Gasteiger partial charge in [0.15, 0.2) is 16.9 Å². The first kappa shape index (κ1) is 56.9. The predicted octanol–water partition coefficient (Wildman–Crippen LogP) is 10.0. The molecule has 1 aromatic carbocycles. The molecule has 12 heterocycles. The maximum atomic E-state index is 13.8. The lowest BCUT2D eigenvalue weighted by molar-refractivity contribution is -0.138. The van der Waals surface area contributed by atoms with Gasteiger partial charge in [0.25, 0.3) is 0 Å². The number of nitrogens with zero attached hydrogens (tertiary/aromatic N) is 12. The molecule has 0 spiro atoms. The summed E-state index contributed by atoms with van der Waals surface area (Å²) >= 11 is 0. The first-order valence-electron chi connectivity index (χ1n) is 26.6. The third kappa shape index (κ3) is 12.3. The second kappa shape index (κ2) is 23.4. The van der Waals surface area contributed by atoms with E-state index in [0.717, 1.165) is 36.9 Å². The topological polar surface area (TPSA) is 209 Å². The van der Waals surface area contributed by atoms with E-state index in [2.05, 4.69) is 76.4 Å². The molecule has 13 rings (SSSR count). The maximum absolute atomic E-state index is 13.8. The Morgan fingerprint density at radius 2 is 0.810 bits per heavy atom. The summed E-state index contributed by atoms with van der Waals surface area (Å²) in [5.74, 6) is 1.11. The van der Waals surface area contributed by atoms with Crippen molar-refractivity contribution in [2.24, 2.45) is 0 Å². The molecule has 0 amide bonds. The van der Waals surface area contributed by atoms with Crippen LogP contribution in [0.3, 0.4) is 0 Å². The van der Waals surface area contributed by atoms with Crippen molar-refractivity contribution in [2.75, 3.05) is 73.6 Å². The Labute approximate surface area is 471 Å². The summed E-state index contributed by atoms with van der Waals surface area (Å²) in [6, 6.07) is 24.0. The fourth-order valence-electron chi connectivity index (χ4n) is 10.4. The monoisotopic (exact) mass is 1170 g/mol. The fraction of sp³-hybridized carbons (Fsp3) is 0.304. The highest BCUT2D eigenvalue weighted by Gasteiger charge is 2.39. The molecule has 18 nitrogen and oxygen atoms in total. The van der Waals surface area contributed by atoms with Crippen molar-refractivity contribution in [3.8, 4) is 34.2 Å². The van der Waals surface area contributed by atoms with E-state index in [4.69, 9.17) is 0 Å². The predicted molar refractivity (Wildman–Crippen MR) is 295 cm³/mol. The number of aromatic nitrogens is 12. The van der Waals surface area contributed by atoms with Crippen LogP contribution in [-0.4, -0.2) is 131 Å². The number of nitrogens with one attached hydrogen (secondary N) is 6. The number of anilines is 3. The molecule has 3 atom stereocenters. The van der Waals surface area contributed by atoms with E-state index in [1.807, 2.05) is 34.6 Å². The summed E-state index contributed by atoms with van der Waals surface area (Å²) in [6.07, 6.45) is -9.01. The molecule has 9 aromatic heterocycles. The molecule has 0 aliphatic carbocycles. The average Bonchev–Trinajstić information content (AvgIpc) is 3.75. The summed E-state index contributed by atoms with van der Waals surface area (Å²) in [7, 11) is 0. The Kier molecular flexibility index (Phi) is 15.9. The van der Waals surface area contributed by atoms with Crippen molar-refractivity contribution in [1.82, 2.24) is 76.4 Å². The minimum Gasteiger partial charge on any atom is -0.354 e. The van der Waals surface area contributed by atoms with Gasteiger partial charge in [0.2, 0.25) is 0 Å². The minimum atomic E-state index is -4.59. The number of fused-ring (bicyclic) bond motifs is 3. The number of rotatable bonds is 7. The summed E-state index contributed by atoms with van der Waals surface area (Å²) in [5, 5.41) is 31.5. The molecule has 0 bridgehead atoms. The number of benzene rings is 1. The fourth-order valence-corrected chi connectivity index (χ4v) is 10.4. The molecule has 1 unspecified atom stereocenters. The summed E-state index contributed by atoms with van der Waals surface area (Å²) < 4.78 is 136. The summed E-state index contributed by atoms with van der Waals surface area (Å²) in [5.41, 5.74) is -0.555. The van der Waals surface area contributed by atoms with Crippen LogP contribution in [-0.2, 0) is 18.5 Å². The van der Waals surface area contributed by atoms with Crippen LogP contribution < -0.4 is 30.7 Å². The smallest absolute Gasteiger partial charge is 0.354 e. The SMILES string of the molecule is C[C@@H]1CN(c2ccc(C(F)(F)F)c(-c3[nH]nc4ncccc34)n2)CCN1.C[C@H]1CN(c2ccc(C(F)(F)F)c(-c3[nH]nc4ncccc34)n2)CCN1.Fc1cccc(C2CN(c3ccc(C(F)(F)F)c(-c4[nH]nc5ncccc45)n3)CCN2)c1. The zero-order valence-electron chi connectivity index (χ0n) is 44.7. The molecule has 0 saturated carbocycles. The molecule has 3 saturated heterocycles. The zero-order chi connectivity index (χ0) is 58.9. The van der Waals surface area contributed by atoms with Gasteiger partial charge in [0.1, 0.15) is 40.4 Å². The number of hydrogen-bond donors (Lipinski definition) is 6. The van der Waals surface area contributed by atoms with E-state index in [1.165, 1.54) is 36.5 Å². The van der Waals surface area contributed by atoms with Crippen LogP contribution in [0.4, 0.5) is 61.4 Å². The van der Waals surface area contributed by atoms with Crippen LogP contribution in [0.15, 0.2) is 116 Å². The Balaban J connectivity index is 0.000000133. The van der Waals surface area contributed by atoms with Crippen molar-refractivity contribution >= 4 is 50.6 Å². The van der Waals surface area contributed by atoms with Gasteiger partial charge in [-0.05, 0) is 104 Å². The van der Waals surface area contributed by atoms with Crippen molar-refractivity contribution in [3.63, 3.8) is 0 Å². The highest BCUT2D eigenvalue weighted by molar-refractivity contribution is 5.92. The molecule has 3 aliphatic rings. The normalized spacial score (nSPS) is 18.0. The van der Waals surface area contributed by atoms with Gasteiger partial charge in [-0.3, -0.25) is 15.3 Å². The van der Waals surface area contributed by atoms with Crippen LogP contribution in [0.1, 0.15) is 42.1 Å². The lowest BCUT2D eigenvalue weighted by atomic mass is 10.0. The zero-order valence-corrected chi connectivity index (χ0v) is 44.7. The molecule has 436 valence electrons. The van der Waals surface area contributed by atoms with Crippen LogP contribution in [0, 0.1) is 5.82 Å². The van der Waals surface area contributed by atoms with Crippen molar-refractivity contribution < 1.29 is 43.9 Å². The van der Waals surface area contributed by atoms with Crippen molar-refractivity contribution in [2.45, 2.75) is 50.5 Å². The quantitative estimate of drug-likeness (QED) is 0.0821. The number of alkyl halides is 9. The second-order valence-electron chi connectivity index (χ2n) is 20.2. The molecular formula is C56H52F10N18. The summed E-state index contributed by atoms with van der Waals surface area (Å²) in [6.45, 7) is 9.90.